The van der Waals surface area contributed by atoms with E-state index >= 15 is 0 Å². The lowest BCUT2D eigenvalue weighted by atomic mass is 9.74. The van der Waals surface area contributed by atoms with Gasteiger partial charge in [-0.1, -0.05) is 48.6 Å². The lowest BCUT2D eigenvalue weighted by Crippen LogP contribution is -2.53. The molecule has 2 aromatic carbocycles. The van der Waals surface area contributed by atoms with E-state index in [0.29, 0.717) is 19.4 Å². The molecule has 2 amide bonds. The first-order valence-corrected chi connectivity index (χ1v) is 11.7. The largest absolute Gasteiger partial charge is 0.481 e. The summed E-state index contributed by atoms with van der Waals surface area (Å²) in [7, 11) is 2.03. The number of allylic oxidation sites excluding steroid dienone is 2. The Labute approximate surface area is 198 Å². The number of carboxylic acids is 1. The molecule has 0 bridgehead atoms. The fourth-order valence-electron chi connectivity index (χ4n) is 6.36. The Morgan fingerprint density at radius 2 is 2.00 bits per heavy atom. The topological polar surface area (TPSA) is 65.8 Å². The fourth-order valence-corrected chi connectivity index (χ4v) is 6.36. The number of nitrogens with zero attached hydrogens (tertiary/aromatic N) is 3. The van der Waals surface area contributed by atoms with E-state index in [9.17, 15) is 14.7 Å². The maximum Gasteiger partial charge on any atom is 0.325 e. The number of carbonyl (C=O) groups excluding carboxylic acids is 1. The van der Waals surface area contributed by atoms with Gasteiger partial charge in [-0.25, -0.2) is 4.79 Å². The predicted molar refractivity (Wildman–Crippen MR) is 130 cm³/mol. The van der Waals surface area contributed by atoms with E-state index in [2.05, 4.69) is 48.0 Å². The quantitative estimate of drug-likeness (QED) is 0.599. The van der Waals surface area contributed by atoms with Crippen LogP contribution in [0.4, 0.5) is 4.79 Å². The number of aliphatic carboxylic acids is 1. The second kappa shape index (κ2) is 7.35. The maximum atomic E-state index is 14.1. The summed E-state index contributed by atoms with van der Waals surface area (Å²) in [5, 5.41) is 10.9. The van der Waals surface area contributed by atoms with Gasteiger partial charge in [0, 0.05) is 36.3 Å². The lowest BCUT2D eigenvalue weighted by molar-refractivity contribution is -0.138. The van der Waals surface area contributed by atoms with Crippen molar-refractivity contribution in [2.24, 2.45) is 7.05 Å². The average Bonchev–Trinajstić information content (AvgIpc) is 3.26. The monoisotopic (exact) mass is 453 g/mol. The maximum absolute atomic E-state index is 14.1. The third-order valence-corrected chi connectivity index (χ3v) is 7.72. The van der Waals surface area contributed by atoms with Crippen LogP contribution in [0.25, 0.3) is 10.9 Å². The Balaban J connectivity index is 1.49. The van der Waals surface area contributed by atoms with E-state index in [1.165, 1.54) is 10.9 Å². The molecule has 2 aliphatic heterocycles. The third kappa shape index (κ3) is 2.81. The van der Waals surface area contributed by atoms with Gasteiger partial charge in [-0.2, -0.15) is 0 Å². The van der Waals surface area contributed by atoms with Gasteiger partial charge in [0.25, 0.3) is 0 Å². The number of benzene rings is 2. The normalized spacial score (nSPS) is 23.1. The first-order valence-electron chi connectivity index (χ1n) is 11.7. The van der Waals surface area contributed by atoms with Crippen molar-refractivity contribution >= 4 is 22.9 Å². The molecule has 1 N–H and O–H groups in total. The van der Waals surface area contributed by atoms with Crippen LogP contribution in [0.1, 0.15) is 41.1 Å². The van der Waals surface area contributed by atoms with Crippen LogP contribution in [0.5, 0.6) is 0 Å². The fraction of sp³-hybridized carbons (Fsp3) is 0.286. The predicted octanol–water partition coefficient (Wildman–Crippen LogP) is 5.08. The van der Waals surface area contributed by atoms with Crippen LogP contribution in [0.15, 0.2) is 72.6 Å². The van der Waals surface area contributed by atoms with Gasteiger partial charge >= 0.3 is 12.0 Å². The van der Waals surface area contributed by atoms with Gasteiger partial charge in [-0.05, 0) is 47.7 Å². The number of carboxylic acid groups (broad SMARTS) is 1. The zero-order chi connectivity index (χ0) is 23.6. The van der Waals surface area contributed by atoms with Crippen LogP contribution in [-0.2, 0) is 24.8 Å². The number of aromatic nitrogens is 1. The number of urea groups is 1. The van der Waals surface area contributed by atoms with E-state index in [4.69, 9.17) is 0 Å². The number of hydrogen-bond donors (Lipinski definition) is 1. The number of fused-ring (bicyclic) bond motifs is 2. The molecule has 6 heteroatoms. The highest BCUT2D eigenvalue weighted by molar-refractivity contribution is 5.89. The lowest BCUT2D eigenvalue weighted by Gasteiger charge is -2.47. The third-order valence-electron chi connectivity index (χ3n) is 7.72. The highest BCUT2D eigenvalue weighted by Gasteiger charge is 2.58. The summed E-state index contributed by atoms with van der Waals surface area (Å²) in [5.41, 5.74) is 5.91. The van der Waals surface area contributed by atoms with E-state index < -0.39 is 17.6 Å². The molecule has 0 saturated carbocycles. The molecular weight excluding hydrogens is 426 g/mol. The summed E-state index contributed by atoms with van der Waals surface area (Å²) in [6.07, 6.45) is 9.53. The minimum atomic E-state index is -0.898. The molecule has 6 nitrogen and oxygen atoms in total. The Bertz CT molecular complexity index is 1420. The first kappa shape index (κ1) is 20.8. The molecule has 3 aliphatic rings. The van der Waals surface area contributed by atoms with Crippen LogP contribution in [0.3, 0.4) is 0 Å². The molecule has 1 aromatic heterocycles. The molecule has 2 atom stereocenters. The second-order valence-electron chi connectivity index (χ2n) is 9.68. The number of amides is 2. The van der Waals surface area contributed by atoms with Crippen molar-refractivity contribution in [3.05, 3.63) is 94.8 Å². The van der Waals surface area contributed by atoms with Crippen molar-refractivity contribution in [2.75, 3.05) is 0 Å². The summed E-state index contributed by atoms with van der Waals surface area (Å²) in [6, 6.07) is 13.6. The highest BCUT2D eigenvalue weighted by atomic mass is 16.4. The van der Waals surface area contributed by atoms with E-state index in [0.717, 1.165) is 27.9 Å². The van der Waals surface area contributed by atoms with E-state index in [1.807, 2.05) is 47.2 Å². The van der Waals surface area contributed by atoms with Crippen LogP contribution < -0.4 is 0 Å². The molecular formula is C28H27N3O3. The van der Waals surface area contributed by atoms with E-state index in [1.54, 1.807) is 0 Å². The van der Waals surface area contributed by atoms with Crippen LogP contribution in [-0.4, -0.2) is 37.0 Å². The molecule has 1 spiro atoms. The summed E-state index contributed by atoms with van der Waals surface area (Å²) < 4.78 is 2.11. The highest BCUT2D eigenvalue weighted by Crippen LogP contribution is 2.53. The molecule has 3 aromatic rings. The Hall–Kier alpha value is -3.80. The van der Waals surface area contributed by atoms with Gasteiger partial charge in [0.1, 0.15) is 0 Å². The SMILES string of the molecule is Cc1cccc2c1c(CN1C(=O)N3C(CC(=O)O)c4ccccc4CC34CC=CC=C14)cn2C. The Morgan fingerprint density at radius 3 is 2.82 bits per heavy atom. The standard InChI is InChI=1S/C28H27N3O3/c1-18-8-7-11-22-26(18)20(16-29(22)2)17-30-24-12-5-6-13-28(24)15-19-9-3-4-10-21(19)23(14-25(32)33)31(28)27(30)34/h3-12,16,23H,13-15,17H2,1-2H3,(H,32,33). The Morgan fingerprint density at radius 1 is 1.18 bits per heavy atom. The van der Waals surface area contributed by atoms with Crippen molar-refractivity contribution in [1.29, 1.82) is 0 Å². The van der Waals surface area contributed by atoms with Gasteiger partial charge in [-0.15, -0.1) is 0 Å². The minimum absolute atomic E-state index is 0.108. The summed E-state index contributed by atoms with van der Waals surface area (Å²) >= 11 is 0. The molecule has 6 rings (SSSR count). The van der Waals surface area contributed by atoms with Gasteiger partial charge in [0.05, 0.1) is 24.5 Å². The molecule has 1 aliphatic carbocycles. The van der Waals surface area contributed by atoms with Crippen molar-refractivity contribution in [3.63, 3.8) is 0 Å². The van der Waals surface area contributed by atoms with Crippen molar-refractivity contribution in [1.82, 2.24) is 14.4 Å². The molecule has 3 heterocycles. The van der Waals surface area contributed by atoms with Crippen LogP contribution in [0, 0.1) is 6.92 Å². The number of rotatable bonds is 4. The van der Waals surface area contributed by atoms with Crippen molar-refractivity contribution in [2.45, 2.75) is 44.3 Å². The molecule has 1 saturated heterocycles. The van der Waals surface area contributed by atoms with Gasteiger partial charge in [0.15, 0.2) is 0 Å². The molecule has 172 valence electrons. The smallest absolute Gasteiger partial charge is 0.325 e. The number of hydrogen-bond acceptors (Lipinski definition) is 2. The summed E-state index contributed by atoms with van der Waals surface area (Å²) in [6.45, 7) is 2.56. The number of carbonyl (C=O) groups is 2. The molecule has 1 fully saturated rings. The van der Waals surface area contributed by atoms with E-state index in [-0.39, 0.29) is 12.5 Å². The molecule has 0 radical (unpaired) electrons. The van der Waals surface area contributed by atoms with Gasteiger partial charge in [0.2, 0.25) is 0 Å². The zero-order valence-electron chi connectivity index (χ0n) is 19.4. The first-order chi connectivity index (χ1) is 16.4. The van der Waals surface area contributed by atoms with Gasteiger partial charge in [-0.3, -0.25) is 9.69 Å². The summed E-state index contributed by atoms with van der Waals surface area (Å²) in [4.78, 5) is 29.8. The van der Waals surface area contributed by atoms with Crippen LogP contribution in [0.2, 0.25) is 0 Å². The summed E-state index contributed by atoms with van der Waals surface area (Å²) in [5.74, 6) is -0.898. The zero-order valence-corrected chi connectivity index (χ0v) is 19.4. The van der Waals surface area contributed by atoms with Gasteiger partial charge < -0.3 is 14.6 Å². The average molecular weight is 454 g/mol. The molecule has 2 unspecified atom stereocenters. The molecule has 34 heavy (non-hydrogen) atoms. The van der Waals surface area contributed by atoms with Crippen LogP contribution >= 0.6 is 0 Å². The Kier molecular flexibility index (Phi) is 4.49. The minimum Gasteiger partial charge on any atom is -0.481 e. The van der Waals surface area contributed by atoms with Crippen molar-refractivity contribution < 1.29 is 14.7 Å². The number of aryl methyl sites for hydroxylation is 2. The van der Waals surface area contributed by atoms with Crippen molar-refractivity contribution in [3.8, 4) is 0 Å². The second-order valence-corrected chi connectivity index (χ2v) is 9.68.